The number of ketones is 1. The van der Waals surface area contributed by atoms with Gasteiger partial charge in [-0.15, -0.1) is 10.2 Å². The number of hydrogen-bond acceptors (Lipinski definition) is 6. The first-order valence-corrected chi connectivity index (χ1v) is 10.9. The molecular weight excluding hydrogens is 424 g/mol. The second kappa shape index (κ2) is 9.19. The molecule has 4 rings (SSSR count). The molecule has 2 aromatic carbocycles. The molecule has 0 bridgehead atoms. The monoisotopic (exact) mass is 446 g/mol. The zero-order chi connectivity index (χ0) is 22.7. The third-order valence-corrected chi connectivity index (χ3v) is 5.88. The highest BCUT2D eigenvalue weighted by Gasteiger charge is 2.19. The number of benzene rings is 2. The summed E-state index contributed by atoms with van der Waals surface area (Å²) in [6.45, 7) is 1.51. The minimum Gasteiger partial charge on any atom is -0.325 e. The van der Waals surface area contributed by atoms with Crippen LogP contribution < -0.4 is 5.32 Å². The molecule has 8 nitrogen and oxygen atoms in total. The largest absolute Gasteiger partial charge is 0.325 e. The van der Waals surface area contributed by atoms with Crippen LogP contribution in [0.2, 0.25) is 0 Å². The number of rotatable bonds is 7. The van der Waals surface area contributed by atoms with E-state index >= 15 is 0 Å². The second-order valence-electron chi connectivity index (χ2n) is 7.27. The summed E-state index contributed by atoms with van der Waals surface area (Å²) in [6.07, 6.45) is 1.91. The van der Waals surface area contributed by atoms with Crippen molar-refractivity contribution in [3.05, 3.63) is 66.4 Å². The van der Waals surface area contributed by atoms with Gasteiger partial charge in [0.2, 0.25) is 5.91 Å². The van der Waals surface area contributed by atoms with Gasteiger partial charge in [0.25, 0.3) is 0 Å². The molecule has 0 saturated heterocycles. The van der Waals surface area contributed by atoms with Crippen LogP contribution in [0.5, 0.6) is 0 Å². The Hall–Kier alpha value is -3.72. The van der Waals surface area contributed by atoms with E-state index in [0.29, 0.717) is 22.2 Å². The Balaban J connectivity index is 1.46. The van der Waals surface area contributed by atoms with E-state index in [2.05, 4.69) is 20.6 Å². The van der Waals surface area contributed by atoms with Crippen LogP contribution in [0.25, 0.3) is 22.6 Å². The number of carbonyl (C=O) groups excluding carboxylic acids is 2. The zero-order valence-electron chi connectivity index (χ0n) is 17.9. The molecule has 0 radical (unpaired) electrons. The molecule has 2 aromatic heterocycles. The van der Waals surface area contributed by atoms with Gasteiger partial charge in [-0.3, -0.25) is 14.3 Å². The molecule has 32 heavy (non-hydrogen) atoms. The second-order valence-corrected chi connectivity index (χ2v) is 8.21. The van der Waals surface area contributed by atoms with Gasteiger partial charge >= 0.3 is 0 Å². The topological polar surface area (TPSA) is 94.7 Å². The Morgan fingerprint density at radius 2 is 1.72 bits per heavy atom. The quantitative estimate of drug-likeness (QED) is 0.343. The fourth-order valence-electron chi connectivity index (χ4n) is 3.25. The van der Waals surface area contributed by atoms with Crippen molar-refractivity contribution in [3.8, 4) is 22.6 Å². The van der Waals surface area contributed by atoms with Crippen LogP contribution >= 0.6 is 11.8 Å². The van der Waals surface area contributed by atoms with Crippen molar-refractivity contribution >= 4 is 29.1 Å². The van der Waals surface area contributed by atoms with Gasteiger partial charge in [0, 0.05) is 37.1 Å². The zero-order valence-corrected chi connectivity index (χ0v) is 18.8. The number of aromatic nitrogens is 5. The first kappa shape index (κ1) is 21.5. The predicted octanol–water partition coefficient (Wildman–Crippen LogP) is 3.82. The number of amides is 1. The summed E-state index contributed by atoms with van der Waals surface area (Å²) < 4.78 is 3.62. The van der Waals surface area contributed by atoms with Gasteiger partial charge in [-0.05, 0) is 31.2 Å². The van der Waals surface area contributed by atoms with Gasteiger partial charge < -0.3 is 9.88 Å². The lowest BCUT2D eigenvalue weighted by Crippen LogP contribution is -2.14. The van der Waals surface area contributed by atoms with Crippen molar-refractivity contribution in [2.45, 2.75) is 12.1 Å². The van der Waals surface area contributed by atoms with Crippen LogP contribution in [0.4, 0.5) is 5.69 Å². The predicted molar refractivity (Wildman–Crippen MR) is 124 cm³/mol. The number of thioether (sulfide) groups is 1. The molecule has 0 saturated carbocycles. The van der Waals surface area contributed by atoms with E-state index in [1.54, 1.807) is 28.9 Å². The number of anilines is 1. The SMILES string of the molecule is CC(=O)c1ccc(NC(=O)CSc2nnc(-c3cn(C)nc3-c3ccccc3)n2C)cc1. The molecule has 0 atom stereocenters. The van der Waals surface area contributed by atoms with Crippen LogP contribution in [0.3, 0.4) is 0 Å². The third-order valence-electron chi connectivity index (χ3n) is 4.86. The standard InChI is InChI=1S/C23H22N6O2S/c1-15(30)16-9-11-18(12-10-16)24-20(31)14-32-23-26-25-22(29(23)3)19-13-28(2)27-21(19)17-7-5-4-6-8-17/h4-13H,14H2,1-3H3,(H,24,31). The van der Waals surface area contributed by atoms with Crippen LogP contribution in [-0.2, 0) is 18.9 Å². The Morgan fingerprint density at radius 3 is 2.41 bits per heavy atom. The van der Waals surface area contributed by atoms with Crippen LogP contribution in [0.1, 0.15) is 17.3 Å². The number of carbonyl (C=O) groups is 2. The van der Waals surface area contributed by atoms with Gasteiger partial charge in [-0.1, -0.05) is 42.1 Å². The summed E-state index contributed by atoms with van der Waals surface area (Å²) in [5.41, 5.74) is 3.94. The maximum atomic E-state index is 12.4. The van der Waals surface area contributed by atoms with Gasteiger partial charge in [0.15, 0.2) is 16.8 Å². The molecule has 0 aliphatic rings. The number of hydrogen-bond donors (Lipinski definition) is 1. The van der Waals surface area contributed by atoms with Gasteiger partial charge in [0.05, 0.1) is 11.3 Å². The van der Waals surface area contributed by atoms with Gasteiger partial charge in [-0.2, -0.15) is 5.10 Å². The number of nitrogens with zero attached hydrogens (tertiary/aromatic N) is 5. The average molecular weight is 447 g/mol. The number of Topliss-reactive ketones (excluding diaryl/α,β-unsaturated/α-hetero) is 1. The maximum Gasteiger partial charge on any atom is 0.234 e. The first-order chi connectivity index (χ1) is 15.4. The molecule has 0 unspecified atom stereocenters. The highest BCUT2D eigenvalue weighted by Crippen LogP contribution is 2.31. The Morgan fingerprint density at radius 1 is 1.00 bits per heavy atom. The van der Waals surface area contributed by atoms with Crippen molar-refractivity contribution in [1.82, 2.24) is 24.5 Å². The van der Waals surface area contributed by atoms with Crippen molar-refractivity contribution in [2.24, 2.45) is 14.1 Å². The summed E-state index contributed by atoms with van der Waals surface area (Å²) in [5, 5.41) is 16.7. The smallest absolute Gasteiger partial charge is 0.234 e. The van der Waals surface area contributed by atoms with E-state index in [1.807, 2.05) is 55.2 Å². The maximum absolute atomic E-state index is 12.4. The first-order valence-electron chi connectivity index (χ1n) is 9.95. The summed E-state index contributed by atoms with van der Waals surface area (Å²) in [7, 11) is 3.74. The van der Waals surface area contributed by atoms with E-state index in [-0.39, 0.29) is 17.4 Å². The summed E-state index contributed by atoms with van der Waals surface area (Å²) in [4.78, 5) is 23.7. The van der Waals surface area contributed by atoms with Crippen molar-refractivity contribution in [3.63, 3.8) is 0 Å². The molecule has 1 N–H and O–H groups in total. The summed E-state index contributed by atoms with van der Waals surface area (Å²) in [6, 6.07) is 16.7. The Kier molecular flexibility index (Phi) is 6.18. The van der Waals surface area contributed by atoms with E-state index in [4.69, 9.17) is 0 Å². The van der Waals surface area contributed by atoms with E-state index in [9.17, 15) is 9.59 Å². The van der Waals surface area contributed by atoms with Crippen LogP contribution in [0.15, 0.2) is 66.0 Å². The number of aryl methyl sites for hydroxylation is 1. The van der Waals surface area contributed by atoms with E-state index in [0.717, 1.165) is 16.8 Å². The Labute approximate surface area is 189 Å². The normalized spacial score (nSPS) is 10.8. The lowest BCUT2D eigenvalue weighted by Gasteiger charge is -2.06. The Bertz CT molecular complexity index is 1260. The molecule has 0 aliphatic carbocycles. The molecule has 2 heterocycles. The highest BCUT2D eigenvalue weighted by molar-refractivity contribution is 7.99. The van der Waals surface area contributed by atoms with Crippen molar-refractivity contribution < 1.29 is 9.59 Å². The van der Waals surface area contributed by atoms with E-state index in [1.165, 1.54) is 18.7 Å². The lowest BCUT2D eigenvalue weighted by molar-refractivity contribution is -0.113. The molecule has 162 valence electrons. The van der Waals surface area contributed by atoms with Gasteiger partial charge in [-0.25, -0.2) is 0 Å². The summed E-state index contributed by atoms with van der Waals surface area (Å²) >= 11 is 1.30. The molecule has 1 amide bonds. The molecule has 0 aliphatic heterocycles. The van der Waals surface area contributed by atoms with Crippen LogP contribution in [-0.4, -0.2) is 42.0 Å². The third kappa shape index (κ3) is 4.62. The van der Waals surface area contributed by atoms with Crippen molar-refractivity contribution in [1.29, 1.82) is 0 Å². The fraction of sp³-hybridized carbons (Fsp3) is 0.174. The van der Waals surface area contributed by atoms with Crippen LogP contribution in [0, 0.1) is 0 Å². The fourth-order valence-corrected chi connectivity index (χ4v) is 3.96. The van der Waals surface area contributed by atoms with Crippen molar-refractivity contribution in [2.75, 3.05) is 11.1 Å². The minimum atomic E-state index is -0.165. The molecular formula is C23H22N6O2S. The molecule has 0 fully saturated rings. The highest BCUT2D eigenvalue weighted by atomic mass is 32.2. The van der Waals surface area contributed by atoms with Gasteiger partial charge in [0.1, 0.15) is 5.69 Å². The minimum absolute atomic E-state index is 0.0134. The molecule has 0 spiro atoms. The molecule has 9 heteroatoms. The molecule has 4 aromatic rings. The number of nitrogens with one attached hydrogen (secondary N) is 1. The summed E-state index contributed by atoms with van der Waals surface area (Å²) in [5.74, 6) is 0.681. The lowest BCUT2D eigenvalue weighted by atomic mass is 10.1. The average Bonchev–Trinajstić information content (AvgIpc) is 3.35. The van der Waals surface area contributed by atoms with E-state index < -0.39 is 0 Å².